The summed E-state index contributed by atoms with van der Waals surface area (Å²) in [6, 6.07) is 10.9. The zero-order valence-corrected chi connectivity index (χ0v) is 17.2. The smallest absolute Gasteiger partial charge is 0.416 e. The van der Waals surface area contributed by atoms with E-state index in [2.05, 4.69) is 15.5 Å². The van der Waals surface area contributed by atoms with Crippen molar-refractivity contribution in [2.24, 2.45) is 0 Å². The second kappa shape index (κ2) is 10.3. The van der Waals surface area contributed by atoms with Gasteiger partial charge in [-0.1, -0.05) is 28.9 Å². The number of esters is 1. The van der Waals surface area contributed by atoms with Crippen LogP contribution in [-0.2, 0) is 22.3 Å². The van der Waals surface area contributed by atoms with Crippen molar-refractivity contribution >= 4 is 23.5 Å². The summed E-state index contributed by atoms with van der Waals surface area (Å²) in [6.45, 7) is -0.0568. The second-order valence-electron chi connectivity index (χ2n) is 6.62. The second-order valence-corrected chi connectivity index (χ2v) is 7.05. The minimum Gasteiger partial charge on any atom is -0.456 e. The fourth-order valence-electron chi connectivity index (χ4n) is 2.62. The van der Waals surface area contributed by atoms with Crippen molar-refractivity contribution < 1.29 is 32.0 Å². The molecule has 1 aromatic heterocycles. The van der Waals surface area contributed by atoms with Crippen molar-refractivity contribution in [3.8, 4) is 11.4 Å². The summed E-state index contributed by atoms with van der Waals surface area (Å²) < 4.78 is 48.4. The first-order chi connectivity index (χ1) is 15.2. The van der Waals surface area contributed by atoms with Gasteiger partial charge in [0.05, 0.1) is 5.56 Å². The first-order valence-corrected chi connectivity index (χ1v) is 9.80. The molecule has 0 radical (unpaired) electrons. The van der Waals surface area contributed by atoms with Gasteiger partial charge in [0.15, 0.2) is 6.61 Å². The number of benzene rings is 2. The Balaban J connectivity index is 1.41. The van der Waals surface area contributed by atoms with E-state index in [9.17, 15) is 22.8 Å². The summed E-state index contributed by atoms with van der Waals surface area (Å²) in [6.07, 6.45) is -4.11. The van der Waals surface area contributed by atoms with Crippen LogP contribution in [0.2, 0.25) is 5.02 Å². The van der Waals surface area contributed by atoms with Crippen LogP contribution in [0, 0.1) is 0 Å². The Kier molecular flexibility index (Phi) is 7.47. The van der Waals surface area contributed by atoms with Gasteiger partial charge in [-0.05, 0) is 42.8 Å². The first kappa shape index (κ1) is 23.3. The molecule has 0 atom stereocenters. The molecule has 2 aromatic carbocycles. The molecule has 0 spiro atoms. The molecule has 168 valence electrons. The third-order valence-corrected chi connectivity index (χ3v) is 4.47. The highest BCUT2D eigenvalue weighted by atomic mass is 35.5. The van der Waals surface area contributed by atoms with E-state index in [1.54, 1.807) is 24.3 Å². The van der Waals surface area contributed by atoms with Crippen molar-refractivity contribution in [3.05, 3.63) is 70.6 Å². The van der Waals surface area contributed by atoms with Crippen LogP contribution < -0.4 is 5.32 Å². The normalized spacial score (nSPS) is 11.2. The van der Waals surface area contributed by atoms with Crippen LogP contribution in [0.3, 0.4) is 0 Å². The Morgan fingerprint density at radius 1 is 1.12 bits per heavy atom. The van der Waals surface area contributed by atoms with Crippen LogP contribution in [0.4, 0.5) is 13.2 Å². The summed E-state index contributed by atoms with van der Waals surface area (Å²) >= 11 is 5.77. The minimum atomic E-state index is -4.49. The molecular weight excluding hydrogens is 451 g/mol. The van der Waals surface area contributed by atoms with Gasteiger partial charge in [0, 0.05) is 29.1 Å². The predicted molar refractivity (Wildman–Crippen MR) is 108 cm³/mol. The lowest BCUT2D eigenvalue weighted by Gasteiger charge is -2.06. The number of amides is 1. The van der Waals surface area contributed by atoms with E-state index in [1.807, 2.05) is 0 Å². The third-order valence-electron chi connectivity index (χ3n) is 4.22. The van der Waals surface area contributed by atoms with Crippen LogP contribution in [-0.4, -0.2) is 28.6 Å². The molecule has 3 aromatic rings. The number of ether oxygens (including phenoxy) is 1. The van der Waals surface area contributed by atoms with Crippen LogP contribution in [0.25, 0.3) is 11.4 Å². The van der Waals surface area contributed by atoms with Crippen LogP contribution >= 0.6 is 11.6 Å². The first-order valence-electron chi connectivity index (χ1n) is 9.42. The highest BCUT2D eigenvalue weighted by Gasteiger charge is 2.30. The van der Waals surface area contributed by atoms with Crippen molar-refractivity contribution in [3.63, 3.8) is 0 Å². The van der Waals surface area contributed by atoms with Crippen molar-refractivity contribution in [1.82, 2.24) is 15.5 Å². The summed E-state index contributed by atoms with van der Waals surface area (Å²) in [7, 11) is 0. The Bertz CT molecular complexity index is 1080. The fourth-order valence-corrected chi connectivity index (χ4v) is 2.74. The minimum absolute atomic E-state index is 0.0372. The standard InChI is InChI=1S/C21H17ClF3N3O4/c22-16-8-6-13(7-9-16)20(30)26-10-2-5-18(29)31-12-17-27-19(28-32-17)14-3-1-4-15(11-14)21(23,24)25/h1,3-4,6-9,11H,2,5,10,12H2,(H,26,30). The van der Waals surface area contributed by atoms with Gasteiger partial charge in [-0.2, -0.15) is 18.2 Å². The van der Waals surface area contributed by atoms with E-state index in [-0.39, 0.29) is 42.8 Å². The van der Waals surface area contributed by atoms with Gasteiger partial charge in [-0.15, -0.1) is 0 Å². The summed E-state index contributed by atoms with van der Waals surface area (Å²) in [5.41, 5.74) is -0.265. The van der Waals surface area contributed by atoms with Crippen LogP contribution in [0.15, 0.2) is 53.1 Å². The van der Waals surface area contributed by atoms with E-state index >= 15 is 0 Å². The Morgan fingerprint density at radius 2 is 1.88 bits per heavy atom. The molecule has 1 N–H and O–H groups in total. The van der Waals surface area contributed by atoms with Crippen molar-refractivity contribution in [2.45, 2.75) is 25.6 Å². The van der Waals surface area contributed by atoms with Gasteiger partial charge in [0.2, 0.25) is 5.82 Å². The van der Waals surface area contributed by atoms with Gasteiger partial charge in [-0.3, -0.25) is 9.59 Å². The lowest BCUT2D eigenvalue weighted by molar-refractivity contribution is -0.145. The van der Waals surface area contributed by atoms with Gasteiger partial charge in [-0.25, -0.2) is 0 Å². The van der Waals surface area contributed by atoms with Gasteiger partial charge in [0.1, 0.15) is 0 Å². The molecule has 0 fully saturated rings. The van der Waals surface area contributed by atoms with Crippen LogP contribution in [0.1, 0.15) is 34.7 Å². The Labute approximate surface area is 185 Å². The number of hydrogen-bond donors (Lipinski definition) is 1. The van der Waals surface area contributed by atoms with Crippen LogP contribution in [0.5, 0.6) is 0 Å². The lowest BCUT2D eigenvalue weighted by atomic mass is 10.1. The maximum absolute atomic E-state index is 12.8. The SMILES string of the molecule is O=C(CCCNC(=O)c1ccc(Cl)cc1)OCc1nc(-c2cccc(C(F)(F)F)c2)no1. The molecule has 0 bridgehead atoms. The molecule has 3 rings (SSSR count). The molecule has 7 nitrogen and oxygen atoms in total. The monoisotopic (exact) mass is 467 g/mol. The number of carbonyl (C=O) groups excluding carboxylic acids is 2. The molecule has 1 heterocycles. The lowest BCUT2D eigenvalue weighted by Crippen LogP contribution is -2.24. The highest BCUT2D eigenvalue weighted by Crippen LogP contribution is 2.31. The largest absolute Gasteiger partial charge is 0.456 e. The Morgan fingerprint density at radius 3 is 2.59 bits per heavy atom. The van der Waals surface area contributed by atoms with E-state index < -0.39 is 17.7 Å². The van der Waals surface area contributed by atoms with Gasteiger partial charge < -0.3 is 14.6 Å². The molecule has 0 saturated carbocycles. The van der Waals surface area contributed by atoms with E-state index in [4.69, 9.17) is 20.9 Å². The maximum Gasteiger partial charge on any atom is 0.416 e. The Hall–Kier alpha value is -3.40. The molecule has 11 heteroatoms. The number of alkyl halides is 3. The summed E-state index contributed by atoms with van der Waals surface area (Å²) in [4.78, 5) is 27.7. The number of halogens is 4. The molecule has 0 aliphatic carbocycles. The predicted octanol–water partition coefficient (Wildman–Crippen LogP) is 4.66. The topological polar surface area (TPSA) is 94.3 Å². The van der Waals surface area contributed by atoms with E-state index in [0.717, 1.165) is 12.1 Å². The zero-order chi connectivity index (χ0) is 23.1. The zero-order valence-electron chi connectivity index (χ0n) is 16.5. The molecule has 0 saturated heterocycles. The van der Waals surface area contributed by atoms with Crippen molar-refractivity contribution in [2.75, 3.05) is 6.54 Å². The van der Waals surface area contributed by atoms with E-state index in [1.165, 1.54) is 12.1 Å². The maximum atomic E-state index is 12.8. The number of aromatic nitrogens is 2. The number of nitrogens with zero attached hydrogens (tertiary/aromatic N) is 2. The molecule has 0 unspecified atom stereocenters. The average molecular weight is 468 g/mol. The molecule has 32 heavy (non-hydrogen) atoms. The highest BCUT2D eigenvalue weighted by molar-refractivity contribution is 6.30. The molecule has 0 aliphatic heterocycles. The number of rotatable bonds is 8. The van der Waals surface area contributed by atoms with Gasteiger partial charge >= 0.3 is 12.1 Å². The molecule has 0 aliphatic rings. The number of hydrogen-bond acceptors (Lipinski definition) is 6. The molecular formula is C21H17ClF3N3O4. The summed E-state index contributed by atoms with van der Waals surface area (Å²) in [5, 5.41) is 6.81. The van der Waals surface area contributed by atoms with E-state index in [0.29, 0.717) is 17.0 Å². The summed E-state index contributed by atoms with van der Waals surface area (Å²) in [5.74, 6) is -0.943. The third kappa shape index (κ3) is 6.55. The van der Waals surface area contributed by atoms with Gasteiger partial charge in [0.25, 0.3) is 11.8 Å². The van der Waals surface area contributed by atoms with Crippen molar-refractivity contribution in [1.29, 1.82) is 0 Å². The molecule has 1 amide bonds. The quantitative estimate of drug-likeness (QED) is 0.382. The number of nitrogens with one attached hydrogen (secondary N) is 1. The number of carbonyl (C=O) groups is 2. The average Bonchev–Trinajstić information content (AvgIpc) is 3.24. The fraction of sp³-hybridized carbons (Fsp3) is 0.238.